The Morgan fingerprint density at radius 1 is 0.750 bits per heavy atom. The fraction of sp³-hybridized carbons (Fsp3) is 0.250. The lowest BCUT2D eigenvalue weighted by molar-refractivity contribution is 0.231. The predicted molar refractivity (Wildman–Crippen MR) is 123 cm³/mol. The van der Waals surface area contributed by atoms with Crippen molar-refractivity contribution >= 4 is 22.6 Å². The normalized spacial score (nSPS) is 12.0. The number of ether oxygens (including phenoxy) is 2. The second-order valence-electron chi connectivity index (χ2n) is 6.72. The zero-order valence-electron chi connectivity index (χ0n) is 16.1. The minimum atomic E-state index is 0.389. The van der Waals surface area contributed by atoms with Gasteiger partial charge in [-0.3, -0.25) is 4.90 Å². The van der Waals surface area contributed by atoms with Crippen molar-refractivity contribution in [3.05, 3.63) is 96.1 Å². The lowest BCUT2D eigenvalue weighted by Crippen LogP contribution is -2.32. The number of hydrogen-bond acceptors (Lipinski definition) is 3. The van der Waals surface area contributed by atoms with Crippen molar-refractivity contribution in [2.75, 3.05) is 20.3 Å². The summed E-state index contributed by atoms with van der Waals surface area (Å²) < 4.78 is 11.6. The third-order valence-corrected chi connectivity index (χ3v) is 5.20. The summed E-state index contributed by atoms with van der Waals surface area (Å²) in [7, 11) is 1.70. The zero-order valence-corrected chi connectivity index (χ0v) is 18.3. The number of benzene rings is 3. The molecule has 0 spiro atoms. The molecule has 0 heterocycles. The molecule has 0 aromatic heterocycles. The molecule has 0 aliphatic carbocycles. The number of rotatable bonds is 10. The molecule has 3 nitrogen and oxygen atoms in total. The van der Waals surface area contributed by atoms with E-state index in [1.54, 1.807) is 7.11 Å². The molecule has 3 aromatic carbocycles. The summed E-state index contributed by atoms with van der Waals surface area (Å²) in [6, 6.07) is 29.0. The van der Waals surface area contributed by atoms with Gasteiger partial charge in [-0.15, -0.1) is 0 Å². The number of nitrogens with zero attached hydrogens (tertiary/aromatic N) is 1. The second-order valence-corrected chi connectivity index (χ2v) is 8.49. The Bertz CT molecular complexity index is 809. The molecular weight excluding hydrogens is 461 g/mol. The van der Waals surface area contributed by atoms with E-state index >= 15 is 0 Å². The first kappa shape index (κ1) is 20.7. The highest BCUT2D eigenvalue weighted by molar-refractivity contribution is 14.1. The first-order chi connectivity index (χ1) is 13.7. The average Bonchev–Trinajstić information content (AvgIpc) is 2.74. The molecule has 0 saturated heterocycles. The Morgan fingerprint density at radius 2 is 1.32 bits per heavy atom. The number of halogens is 1. The molecule has 28 heavy (non-hydrogen) atoms. The van der Waals surface area contributed by atoms with Gasteiger partial charge in [-0.05, 0) is 35.4 Å². The third-order valence-electron chi connectivity index (χ3n) is 4.44. The van der Waals surface area contributed by atoms with Crippen molar-refractivity contribution in [2.45, 2.75) is 17.0 Å². The van der Waals surface area contributed by atoms with Gasteiger partial charge in [0.05, 0.1) is 11.0 Å². The van der Waals surface area contributed by atoms with Crippen LogP contribution in [0.5, 0.6) is 11.5 Å². The lowest BCUT2D eigenvalue weighted by Gasteiger charge is -2.25. The third kappa shape index (κ3) is 6.84. The summed E-state index contributed by atoms with van der Waals surface area (Å²) in [5.74, 6) is 1.82. The van der Waals surface area contributed by atoms with Crippen LogP contribution >= 0.6 is 22.6 Å². The Hall–Kier alpha value is -2.05. The van der Waals surface area contributed by atoms with Crippen molar-refractivity contribution in [1.82, 2.24) is 4.90 Å². The smallest absolute Gasteiger partial charge is 0.119 e. The molecule has 0 bridgehead atoms. The highest BCUT2D eigenvalue weighted by atomic mass is 127. The van der Waals surface area contributed by atoms with Crippen molar-refractivity contribution in [3.8, 4) is 11.5 Å². The maximum atomic E-state index is 5.95. The Morgan fingerprint density at radius 3 is 1.93 bits per heavy atom. The summed E-state index contributed by atoms with van der Waals surface area (Å²) in [5, 5.41) is 0. The predicted octanol–water partition coefficient (Wildman–Crippen LogP) is 5.58. The van der Waals surface area contributed by atoms with Gasteiger partial charge in [0.2, 0.25) is 0 Å². The van der Waals surface area contributed by atoms with Gasteiger partial charge in [0, 0.05) is 19.6 Å². The first-order valence-electron chi connectivity index (χ1n) is 9.44. The molecule has 1 atom stereocenters. The van der Waals surface area contributed by atoms with Crippen molar-refractivity contribution in [1.29, 1.82) is 0 Å². The minimum Gasteiger partial charge on any atom is -0.497 e. The van der Waals surface area contributed by atoms with Crippen LogP contribution in [0.2, 0.25) is 0 Å². The lowest BCUT2D eigenvalue weighted by atomic mass is 10.1. The van der Waals surface area contributed by atoms with Crippen LogP contribution in [-0.4, -0.2) is 29.1 Å². The summed E-state index contributed by atoms with van der Waals surface area (Å²) in [5.41, 5.74) is 2.60. The van der Waals surface area contributed by atoms with Crippen molar-refractivity contribution in [2.24, 2.45) is 0 Å². The van der Waals surface area contributed by atoms with Gasteiger partial charge in [0.25, 0.3) is 0 Å². The van der Waals surface area contributed by atoms with Gasteiger partial charge in [0.1, 0.15) is 18.1 Å². The van der Waals surface area contributed by atoms with Crippen LogP contribution in [0.4, 0.5) is 0 Å². The fourth-order valence-electron chi connectivity index (χ4n) is 3.05. The van der Waals surface area contributed by atoms with Gasteiger partial charge in [0.15, 0.2) is 0 Å². The van der Waals surface area contributed by atoms with Crippen molar-refractivity contribution in [3.63, 3.8) is 0 Å². The summed E-state index contributed by atoms with van der Waals surface area (Å²) >= 11 is 2.49. The van der Waals surface area contributed by atoms with Crippen LogP contribution in [0.15, 0.2) is 84.9 Å². The van der Waals surface area contributed by atoms with Gasteiger partial charge in [-0.1, -0.05) is 83.3 Å². The number of hydrogen-bond donors (Lipinski definition) is 0. The van der Waals surface area contributed by atoms with Crippen LogP contribution in [0, 0.1) is 0 Å². The number of alkyl halides is 1. The van der Waals surface area contributed by atoms with Crippen molar-refractivity contribution < 1.29 is 9.47 Å². The van der Waals surface area contributed by atoms with Crippen LogP contribution in [0.3, 0.4) is 0 Å². The molecule has 3 rings (SSSR count). The largest absolute Gasteiger partial charge is 0.497 e. The van der Waals surface area contributed by atoms with Gasteiger partial charge in [-0.25, -0.2) is 0 Å². The molecular formula is C24H26INO2. The highest BCUT2D eigenvalue weighted by Gasteiger charge is 2.14. The topological polar surface area (TPSA) is 21.7 Å². The molecule has 146 valence electrons. The van der Waals surface area contributed by atoms with Crippen LogP contribution in [-0.2, 0) is 13.1 Å². The Balaban J connectivity index is 1.62. The zero-order chi connectivity index (χ0) is 19.6. The van der Waals surface area contributed by atoms with Gasteiger partial charge in [-0.2, -0.15) is 0 Å². The Kier molecular flexibility index (Phi) is 8.18. The maximum Gasteiger partial charge on any atom is 0.119 e. The van der Waals surface area contributed by atoms with E-state index in [1.165, 1.54) is 11.1 Å². The maximum absolute atomic E-state index is 5.95. The quantitative estimate of drug-likeness (QED) is 0.275. The molecule has 4 heteroatoms. The Labute approximate surface area is 181 Å². The van der Waals surface area contributed by atoms with Crippen LogP contribution in [0.1, 0.15) is 11.1 Å². The van der Waals surface area contributed by atoms with E-state index in [4.69, 9.17) is 9.47 Å². The average molecular weight is 487 g/mol. The SMILES string of the molecule is COc1ccc(CN(Cc2ccccc2)CC(I)COc2ccccc2)cc1. The van der Waals surface area contributed by atoms with E-state index in [-0.39, 0.29) is 0 Å². The molecule has 0 aliphatic rings. The van der Waals surface area contributed by atoms with Gasteiger partial charge >= 0.3 is 0 Å². The highest BCUT2D eigenvalue weighted by Crippen LogP contribution is 2.17. The molecule has 0 radical (unpaired) electrons. The minimum absolute atomic E-state index is 0.389. The van der Waals surface area contributed by atoms with Crippen LogP contribution < -0.4 is 9.47 Å². The van der Waals surface area contributed by atoms with E-state index in [0.29, 0.717) is 10.5 Å². The molecule has 0 N–H and O–H groups in total. The standard InChI is InChI=1S/C24H26INO2/c1-27-23-14-12-21(13-15-23)17-26(16-20-8-4-2-5-9-20)18-22(25)19-28-24-10-6-3-7-11-24/h2-15,22H,16-19H2,1H3. The molecule has 0 fully saturated rings. The summed E-state index contributed by atoms with van der Waals surface area (Å²) in [4.78, 5) is 2.47. The first-order valence-corrected chi connectivity index (χ1v) is 10.7. The van der Waals surface area contributed by atoms with Gasteiger partial charge < -0.3 is 9.47 Å². The number of methoxy groups -OCH3 is 1. The summed E-state index contributed by atoms with van der Waals surface area (Å²) in [6.07, 6.45) is 0. The molecule has 0 aliphatic heterocycles. The molecule has 0 saturated carbocycles. The van der Waals surface area contributed by atoms with E-state index in [2.05, 4.69) is 70.0 Å². The second kappa shape index (κ2) is 11.1. The monoisotopic (exact) mass is 487 g/mol. The molecule has 0 amide bonds. The summed E-state index contributed by atoms with van der Waals surface area (Å²) in [6.45, 7) is 3.45. The molecule has 3 aromatic rings. The van der Waals surface area contributed by atoms with E-state index in [1.807, 2.05) is 42.5 Å². The molecule has 1 unspecified atom stereocenters. The van der Waals surface area contributed by atoms with E-state index in [9.17, 15) is 0 Å². The number of para-hydroxylation sites is 1. The van der Waals surface area contributed by atoms with Crippen LogP contribution in [0.25, 0.3) is 0 Å². The fourth-order valence-corrected chi connectivity index (χ4v) is 3.79. The van der Waals surface area contributed by atoms with E-state index < -0.39 is 0 Å². The van der Waals surface area contributed by atoms with E-state index in [0.717, 1.165) is 31.1 Å².